The molecule has 1 aliphatic rings. The van der Waals surface area contributed by atoms with E-state index < -0.39 is 11.3 Å². The zero-order chi connectivity index (χ0) is 17.2. The number of rotatable bonds is 6. The zero-order valence-electron chi connectivity index (χ0n) is 12.9. The molecule has 6 heteroatoms. The summed E-state index contributed by atoms with van der Waals surface area (Å²) in [4.78, 5) is 23.4. The second-order valence-corrected chi connectivity index (χ2v) is 5.84. The number of nitrogens with one attached hydrogen (secondary N) is 1. The van der Waals surface area contributed by atoms with Crippen molar-refractivity contribution in [2.75, 3.05) is 5.32 Å². The lowest BCUT2D eigenvalue weighted by Crippen LogP contribution is -2.36. The average molecular weight is 328 g/mol. The van der Waals surface area contributed by atoms with E-state index in [1.54, 1.807) is 36.4 Å². The molecule has 0 bridgehead atoms. The number of halogens is 1. The van der Waals surface area contributed by atoms with E-state index in [-0.39, 0.29) is 18.3 Å². The standard InChI is InChI=1S/C18H17FN2O3/c19-13-2-1-3-15(10-13)24-11-12-4-6-14(7-5-12)21-17(23)18(8-9-18)16(20)22/h1-7,10H,8-9,11H2,(H2,20,22)(H,21,23). The van der Waals surface area contributed by atoms with Gasteiger partial charge in [0, 0.05) is 11.8 Å². The number of carbonyl (C=O) groups is 2. The van der Waals surface area contributed by atoms with Gasteiger partial charge in [0.05, 0.1) is 0 Å². The van der Waals surface area contributed by atoms with E-state index in [2.05, 4.69) is 5.32 Å². The largest absolute Gasteiger partial charge is 0.489 e. The van der Waals surface area contributed by atoms with Crippen molar-refractivity contribution in [3.05, 3.63) is 59.9 Å². The average Bonchev–Trinajstić information content (AvgIpc) is 3.36. The number of anilines is 1. The second-order valence-electron chi connectivity index (χ2n) is 5.84. The molecule has 5 nitrogen and oxygen atoms in total. The quantitative estimate of drug-likeness (QED) is 0.800. The lowest BCUT2D eigenvalue weighted by molar-refractivity contribution is -0.132. The van der Waals surface area contributed by atoms with E-state index in [1.165, 1.54) is 12.1 Å². The molecule has 2 amide bonds. The summed E-state index contributed by atoms with van der Waals surface area (Å²) < 4.78 is 18.6. The molecule has 0 atom stereocenters. The summed E-state index contributed by atoms with van der Waals surface area (Å²) in [7, 11) is 0. The maximum absolute atomic E-state index is 13.1. The van der Waals surface area contributed by atoms with Crippen LogP contribution in [-0.4, -0.2) is 11.8 Å². The first-order valence-corrected chi connectivity index (χ1v) is 7.58. The molecule has 3 rings (SSSR count). The Labute approximate surface area is 138 Å². The van der Waals surface area contributed by atoms with Gasteiger partial charge in [0.1, 0.15) is 23.6 Å². The molecule has 1 fully saturated rings. The highest BCUT2D eigenvalue weighted by molar-refractivity contribution is 6.12. The molecule has 1 saturated carbocycles. The van der Waals surface area contributed by atoms with Gasteiger partial charge in [-0.05, 0) is 42.7 Å². The van der Waals surface area contributed by atoms with Crippen LogP contribution in [0.15, 0.2) is 48.5 Å². The highest BCUT2D eigenvalue weighted by Gasteiger charge is 2.55. The molecule has 0 unspecified atom stereocenters. The normalized spacial score (nSPS) is 14.7. The maximum atomic E-state index is 13.1. The Morgan fingerprint density at radius 3 is 2.46 bits per heavy atom. The highest BCUT2D eigenvalue weighted by atomic mass is 19.1. The first kappa shape index (κ1) is 16.0. The Balaban J connectivity index is 1.57. The minimum absolute atomic E-state index is 0.281. The fourth-order valence-corrected chi connectivity index (χ4v) is 2.37. The third-order valence-electron chi connectivity index (χ3n) is 4.07. The van der Waals surface area contributed by atoms with Crippen LogP contribution in [0, 0.1) is 11.2 Å². The van der Waals surface area contributed by atoms with Gasteiger partial charge in [0.2, 0.25) is 11.8 Å². The molecule has 0 radical (unpaired) electrons. The van der Waals surface area contributed by atoms with Gasteiger partial charge in [-0.3, -0.25) is 9.59 Å². The number of primary amides is 1. The van der Waals surface area contributed by atoms with E-state index in [0.29, 0.717) is 24.3 Å². The lowest BCUT2D eigenvalue weighted by atomic mass is 10.1. The summed E-state index contributed by atoms with van der Waals surface area (Å²) in [5.74, 6) is -0.850. The number of benzene rings is 2. The summed E-state index contributed by atoms with van der Waals surface area (Å²) in [5, 5.41) is 2.70. The van der Waals surface area contributed by atoms with E-state index in [0.717, 1.165) is 5.56 Å². The van der Waals surface area contributed by atoms with Gasteiger partial charge in [-0.25, -0.2) is 4.39 Å². The van der Waals surface area contributed by atoms with Gasteiger partial charge in [0.25, 0.3) is 0 Å². The molecule has 0 aliphatic heterocycles. The minimum atomic E-state index is -1.04. The first-order valence-electron chi connectivity index (χ1n) is 7.58. The molecule has 24 heavy (non-hydrogen) atoms. The van der Waals surface area contributed by atoms with Gasteiger partial charge >= 0.3 is 0 Å². The van der Waals surface area contributed by atoms with Gasteiger partial charge in [-0.1, -0.05) is 18.2 Å². The van der Waals surface area contributed by atoms with E-state index in [1.807, 2.05) is 0 Å². The van der Waals surface area contributed by atoms with Crippen LogP contribution in [0.5, 0.6) is 5.75 Å². The smallest absolute Gasteiger partial charge is 0.240 e. The van der Waals surface area contributed by atoms with Crippen molar-refractivity contribution in [3.8, 4) is 5.75 Å². The fourth-order valence-electron chi connectivity index (χ4n) is 2.37. The van der Waals surface area contributed by atoms with Gasteiger partial charge < -0.3 is 15.8 Å². The fraction of sp³-hybridized carbons (Fsp3) is 0.222. The van der Waals surface area contributed by atoms with E-state index in [9.17, 15) is 14.0 Å². The molecule has 2 aromatic rings. The number of hydrogen-bond acceptors (Lipinski definition) is 3. The maximum Gasteiger partial charge on any atom is 0.240 e. The molecule has 3 N–H and O–H groups in total. The molecule has 124 valence electrons. The summed E-state index contributed by atoms with van der Waals surface area (Å²) in [6.07, 6.45) is 0.988. The van der Waals surface area contributed by atoms with Crippen LogP contribution < -0.4 is 15.8 Å². The van der Waals surface area contributed by atoms with Crippen molar-refractivity contribution >= 4 is 17.5 Å². The molecule has 0 saturated heterocycles. The molecule has 1 aliphatic carbocycles. The van der Waals surface area contributed by atoms with Crippen molar-refractivity contribution in [3.63, 3.8) is 0 Å². The lowest BCUT2D eigenvalue weighted by Gasteiger charge is -2.12. The first-order chi connectivity index (χ1) is 11.5. The Hall–Kier alpha value is -2.89. The summed E-state index contributed by atoms with van der Waals surface area (Å²) in [6.45, 7) is 0.281. The van der Waals surface area contributed by atoms with E-state index >= 15 is 0 Å². The van der Waals surface area contributed by atoms with Crippen molar-refractivity contribution in [1.29, 1.82) is 0 Å². The zero-order valence-corrected chi connectivity index (χ0v) is 12.9. The Morgan fingerprint density at radius 2 is 1.88 bits per heavy atom. The number of carbonyl (C=O) groups excluding carboxylic acids is 2. The predicted octanol–water partition coefficient (Wildman–Crippen LogP) is 2.61. The topological polar surface area (TPSA) is 81.4 Å². The summed E-state index contributed by atoms with van der Waals surface area (Å²) in [5.41, 5.74) is 5.69. The number of amides is 2. The number of hydrogen-bond donors (Lipinski definition) is 2. The third-order valence-corrected chi connectivity index (χ3v) is 4.07. The van der Waals surface area contributed by atoms with Crippen LogP contribution in [0.4, 0.5) is 10.1 Å². The van der Waals surface area contributed by atoms with Crippen molar-refractivity contribution in [2.45, 2.75) is 19.4 Å². The van der Waals surface area contributed by atoms with Crippen LogP contribution in [0.25, 0.3) is 0 Å². The Morgan fingerprint density at radius 1 is 1.17 bits per heavy atom. The predicted molar refractivity (Wildman–Crippen MR) is 86.7 cm³/mol. The monoisotopic (exact) mass is 328 g/mol. The van der Waals surface area contributed by atoms with E-state index in [4.69, 9.17) is 10.5 Å². The van der Waals surface area contributed by atoms with Gasteiger partial charge in [-0.2, -0.15) is 0 Å². The SMILES string of the molecule is NC(=O)C1(C(=O)Nc2ccc(COc3cccc(F)c3)cc2)CC1. The second kappa shape index (κ2) is 6.31. The van der Waals surface area contributed by atoms with Crippen molar-refractivity contribution in [1.82, 2.24) is 0 Å². The molecular formula is C18H17FN2O3. The minimum Gasteiger partial charge on any atom is -0.489 e. The molecular weight excluding hydrogens is 311 g/mol. The Bertz CT molecular complexity index is 770. The third kappa shape index (κ3) is 3.37. The van der Waals surface area contributed by atoms with Crippen LogP contribution in [0.2, 0.25) is 0 Å². The molecule has 0 aromatic heterocycles. The van der Waals surface area contributed by atoms with Gasteiger partial charge in [0.15, 0.2) is 0 Å². The summed E-state index contributed by atoms with van der Waals surface area (Å²) in [6, 6.07) is 12.9. The number of ether oxygens (including phenoxy) is 1. The highest BCUT2D eigenvalue weighted by Crippen LogP contribution is 2.46. The van der Waals surface area contributed by atoms with Crippen LogP contribution in [0.3, 0.4) is 0 Å². The van der Waals surface area contributed by atoms with Crippen LogP contribution >= 0.6 is 0 Å². The summed E-state index contributed by atoms with van der Waals surface area (Å²) >= 11 is 0. The number of nitrogens with two attached hydrogens (primary N) is 1. The Kier molecular flexibility index (Phi) is 4.20. The van der Waals surface area contributed by atoms with Crippen molar-refractivity contribution in [2.24, 2.45) is 11.1 Å². The van der Waals surface area contributed by atoms with Crippen molar-refractivity contribution < 1.29 is 18.7 Å². The molecule has 0 heterocycles. The van der Waals surface area contributed by atoms with Crippen LogP contribution in [-0.2, 0) is 16.2 Å². The van der Waals surface area contributed by atoms with Crippen LogP contribution in [0.1, 0.15) is 18.4 Å². The van der Waals surface area contributed by atoms with Gasteiger partial charge in [-0.15, -0.1) is 0 Å². The molecule has 0 spiro atoms. The molecule has 2 aromatic carbocycles.